The zero-order valence-electron chi connectivity index (χ0n) is 10.8. The van der Waals surface area contributed by atoms with Crippen LogP contribution in [0.1, 0.15) is 45.4 Å². The van der Waals surface area contributed by atoms with Gasteiger partial charge in [-0.25, -0.2) is 8.78 Å². The fourth-order valence-corrected chi connectivity index (χ4v) is 5.25. The molecule has 0 saturated heterocycles. The van der Waals surface area contributed by atoms with Crippen molar-refractivity contribution in [1.29, 1.82) is 0 Å². The molecule has 0 aromatic rings. The Hall–Kier alpha value is -0.670. The summed E-state index contributed by atoms with van der Waals surface area (Å²) in [5.74, 6) is 0.855. The molecule has 0 heterocycles. The number of hydrogen-bond acceptors (Lipinski definition) is 2. The van der Waals surface area contributed by atoms with E-state index >= 15 is 0 Å². The van der Waals surface area contributed by atoms with E-state index in [-0.39, 0.29) is 11.4 Å². The van der Waals surface area contributed by atoms with Crippen LogP contribution in [0.3, 0.4) is 0 Å². The first kappa shape index (κ1) is 12.4. The number of esters is 1. The van der Waals surface area contributed by atoms with E-state index in [9.17, 15) is 13.6 Å². The summed E-state index contributed by atoms with van der Waals surface area (Å²) in [6.45, 7) is 1.51. The summed E-state index contributed by atoms with van der Waals surface area (Å²) in [5.41, 5.74) is -0.193. The number of alkyl halides is 2. The normalized spacial score (nSPS) is 45.6. The maximum atomic E-state index is 12.2. The predicted octanol–water partition coefficient (Wildman–Crippen LogP) is 3.40. The van der Waals surface area contributed by atoms with Crippen molar-refractivity contribution in [2.75, 3.05) is 6.61 Å². The Morgan fingerprint density at radius 2 is 1.89 bits per heavy atom. The predicted molar refractivity (Wildman–Crippen MR) is 62.2 cm³/mol. The quantitative estimate of drug-likeness (QED) is 0.725. The van der Waals surface area contributed by atoms with Crippen LogP contribution >= 0.6 is 0 Å². The van der Waals surface area contributed by atoms with Gasteiger partial charge in [0.05, 0.1) is 5.41 Å². The molecule has 102 valence electrons. The molecule has 4 aliphatic carbocycles. The van der Waals surface area contributed by atoms with Gasteiger partial charge in [0.1, 0.15) is 0 Å². The van der Waals surface area contributed by atoms with Crippen LogP contribution < -0.4 is 0 Å². The molecule has 0 radical (unpaired) electrons. The molecule has 0 aliphatic heterocycles. The second kappa shape index (κ2) is 3.91. The Bertz CT molecular complexity index is 353. The molecular formula is C14H20F2O2. The minimum absolute atomic E-state index is 0.244. The van der Waals surface area contributed by atoms with Crippen molar-refractivity contribution in [3.8, 4) is 0 Å². The van der Waals surface area contributed by atoms with Gasteiger partial charge in [-0.3, -0.25) is 4.79 Å². The van der Waals surface area contributed by atoms with Crippen LogP contribution in [0, 0.1) is 22.7 Å². The third-order valence-corrected chi connectivity index (χ3v) is 5.13. The Morgan fingerprint density at radius 3 is 2.39 bits per heavy atom. The fraction of sp³-hybridized carbons (Fsp3) is 0.929. The molecule has 4 saturated carbocycles. The second-order valence-corrected chi connectivity index (χ2v) is 7.04. The lowest BCUT2D eigenvalue weighted by molar-refractivity contribution is -0.182. The topological polar surface area (TPSA) is 26.3 Å². The van der Waals surface area contributed by atoms with E-state index in [1.165, 1.54) is 19.3 Å². The Kier molecular flexibility index (Phi) is 2.69. The van der Waals surface area contributed by atoms with Crippen LogP contribution in [-0.2, 0) is 9.53 Å². The first-order valence-corrected chi connectivity index (χ1v) is 6.86. The third kappa shape index (κ3) is 1.94. The average molecular weight is 258 g/mol. The molecule has 4 rings (SSSR count). The first-order chi connectivity index (χ1) is 8.41. The summed E-state index contributed by atoms with van der Waals surface area (Å²) in [5, 5.41) is 0. The summed E-state index contributed by atoms with van der Waals surface area (Å²) in [6, 6.07) is 0. The van der Waals surface area contributed by atoms with Gasteiger partial charge in [0.2, 0.25) is 0 Å². The molecule has 4 heteroatoms. The molecule has 2 unspecified atom stereocenters. The van der Waals surface area contributed by atoms with E-state index in [1.807, 2.05) is 0 Å². The van der Waals surface area contributed by atoms with Crippen LogP contribution in [0.25, 0.3) is 0 Å². The summed E-state index contributed by atoms with van der Waals surface area (Å²) in [4.78, 5) is 12.2. The minimum atomic E-state index is -2.56. The van der Waals surface area contributed by atoms with E-state index in [0.29, 0.717) is 11.8 Å². The zero-order chi connectivity index (χ0) is 13.0. The molecule has 0 aromatic heterocycles. The molecule has 0 spiro atoms. The van der Waals surface area contributed by atoms with Gasteiger partial charge < -0.3 is 4.74 Å². The highest BCUT2D eigenvalue weighted by atomic mass is 19.3. The lowest BCUT2D eigenvalue weighted by Gasteiger charge is -2.59. The summed E-state index contributed by atoms with van der Waals surface area (Å²) >= 11 is 0. The van der Waals surface area contributed by atoms with Crippen molar-refractivity contribution in [3.05, 3.63) is 0 Å². The third-order valence-electron chi connectivity index (χ3n) is 5.13. The maximum absolute atomic E-state index is 12.2. The molecule has 4 fully saturated rings. The van der Waals surface area contributed by atoms with Gasteiger partial charge in [-0.1, -0.05) is 6.92 Å². The zero-order valence-corrected chi connectivity index (χ0v) is 10.8. The largest absolute Gasteiger partial charge is 0.459 e. The van der Waals surface area contributed by atoms with Gasteiger partial charge in [0, 0.05) is 0 Å². The summed E-state index contributed by atoms with van der Waals surface area (Å²) in [7, 11) is 0. The molecule has 4 aliphatic rings. The van der Waals surface area contributed by atoms with Crippen molar-refractivity contribution < 1.29 is 18.3 Å². The monoisotopic (exact) mass is 258 g/mol. The first-order valence-electron chi connectivity index (χ1n) is 6.86. The van der Waals surface area contributed by atoms with Gasteiger partial charge in [0.15, 0.2) is 6.61 Å². The summed E-state index contributed by atoms with van der Waals surface area (Å²) in [6.07, 6.45) is 3.64. The van der Waals surface area contributed by atoms with Crippen molar-refractivity contribution in [1.82, 2.24) is 0 Å². The van der Waals surface area contributed by atoms with Gasteiger partial charge >= 0.3 is 5.97 Å². The Balaban J connectivity index is 1.76. The highest BCUT2D eigenvalue weighted by molar-refractivity contribution is 5.77. The number of ether oxygens (including phenoxy) is 1. The number of rotatable bonds is 3. The number of carbonyl (C=O) groups excluding carboxylic acids is 1. The Labute approximate surface area is 106 Å². The van der Waals surface area contributed by atoms with E-state index in [0.717, 1.165) is 19.3 Å². The van der Waals surface area contributed by atoms with E-state index in [2.05, 4.69) is 6.92 Å². The SMILES string of the molecule is CC12CC3CC(C1)CC(C(=O)OCC(F)F)(C3)C2. The van der Waals surface area contributed by atoms with Crippen LogP contribution in [0.15, 0.2) is 0 Å². The smallest absolute Gasteiger partial charge is 0.312 e. The number of carbonyl (C=O) groups is 1. The molecule has 0 N–H and O–H groups in total. The maximum Gasteiger partial charge on any atom is 0.312 e. The highest BCUT2D eigenvalue weighted by Gasteiger charge is 2.59. The number of halogens is 2. The van der Waals surface area contributed by atoms with Crippen LogP contribution in [0.4, 0.5) is 8.78 Å². The minimum Gasteiger partial charge on any atom is -0.459 e. The van der Waals surface area contributed by atoms with Crippen molar-refractivity contribution >= 4 is 5.97 Å². The molecule has 0 aromatic carbocycles. The average Bonchev–Trinajstić information content (AvgIpc) is 2.22. The van der Waals surface area contributed by atoms with Crippen LogP contribution in [0.5, 0.6) is 0 Å². The van der Waals surface area contributed by atoms with Crippen LogP contribution in [-0.4, -0.2) is 19.0 Å². The Morgan fingerprint density at radius 1 is 1.28 bits per heavy atom. The van der Waals surface area contributed by atoms with E-state index < -0.39 is 18.4 Å². The van der Waals surface area contributed by atoms with Gasteiger partial charge in [-0.15, -0.1) is 0 Å². The number of hydrogen-bond donors (Lipinski definition) is 0. The lowest BCUT2D eigenvalue weighted by Crippen LogP contribution is -2.54. The van der Waals surface area contributed by atoms with E-state index in [1.54, 1.807) is 0 Å². The second-order valence-electron chi connectivity index (χ2n) is 7.04. The van der Waals surface area contributed by atoms with Gasteiger partial charge in [-0.2, -0.15) is 0 Å². The molecule has 2 nitrogen and oxygen atoms in total. The van der Waals surface area contributed by atoms with Gasteiger partial charge in [0.25, 0.3) is 6.43 Å². The molecule has 0 amide bonds. The molecule has 2 atom stereocenters. The lowest BCUT2D eigenvalue weighted by atomic mass is 9.44. The van der Waals surface area contributed by atoms with Crippen LogP contribution in [0.2, 0.25) is 0 Å². The summed E-state index contributed by atoms with van der Waals surface area (Å²) < 4.78 is 29.2. The van der Waals surface area contributed by atoms with Crippen molar-refractivity contribution in [2.45, 2.75) is 51.9 Å². The standard InChI is InChI=1S/C14H20F2O2/c1-13-3-9-2-10(4-13)6-14(5-9,8-13)12(17)18-7-11(15)16/h9-11H,2-8H2,1H3. The molecule has 18 heavy (non-hydrogen) atoms. The van der Waals surface area contributed by atoms with Crippen molar-refractivity contribution in [3.63, 3.8) is 0 Å². The van der Waals surface area contributed by atoms with Gasteiger partial charge in [-0.05, 0) is 55.8 Å². The fourth-order valence-electron chi connectivity index (χ4n) is 5.25. The molecule has 4 bridgehead atoms. The van der Waals surface area contributed by atoms with Crippen molar-refractivity contribution in [2.24, 2.45) is 22.7 Å². The molecular weight excluding hydrogens is 238 g/mol. The highest BCUT2D eigenvalue weighted by Crippen LogP contribution is 2.65. The van der Waals surface area contributed by atoms with E-state index in [4.69, 9.17) is 4.74 Å².